The van der Waals surface area contributed by atoms with Crippen LogP contribution in [-0.4, -0.2) is 16.3 Å². The molecule has 0 unspecified atom stereocenters. The van der Waals surface area contributed by atoms with Crippen LogP contribution < -0.4 is 5.32 Å². The number of hydrogen-bond acceptors (Lipinski definition) is 2. The smallest absolute Gasteiger partial charge is 0.224 e. The third-order valence-electron chi connectivity index (χ3n) is 3.58. The SMILES string of the molecule is CCn1cc(C(C)=O)c2cc(NC(=O)CC(C)(C)C)ccc21. The van der Waals surface area contributed by atoms with Crippen LogP contribution in [0.25, 0.3) is 10.9 Å². The number of aryl methyl sites for hydroxylation is 1. The summed E-state index contributed by atoms with van der Waals surface area (Å²) in [6.07, 6.45) is 2.34. The van der Waals surface area contributed by atoms with Crippen molar-refractivity contribution in [2.45, 2.75) is 47.6 Å². The Bertz CT molecular complexity index is 720. The third-order valence-corrected chi connectivity index (χ3v) is 3.58. The molecule has 0 aliphatic heterocycles. The van der Waals surface area contributed by atoms with E-state index in [1.54, 1.807) is 6.92 Å². The van der Waals surface area contributed by atoms with Crippen LogP contribution in [0.15, 0.2) is 24.4 Å². The second-order valence-corrected chi connectivity index (χ2v) is 6.90. The van der Waals surface area contributed by atoms with Crippen LogP contribution in [0.4, 0.5) is 5.69 Å². The van der Waals surface area contributed by atoms with Crippen molar-refractivity contribution in [3.05, 3.63) is 30.0 Å². The number of benzene rings is 1. The van der Waals surface area contributed by atoms with Crippen LogP contribution >= 0.6 is 0 Å². The van der Waals surface area contributed by atoms with Crippen LogP contribution in [0.3, 0.4) is 0 Å². The van der Waals surface area contributed by atoms with Gasteiger partial charge in [0.2, 0.25) is 5.91 Å². The van der Waals surface area contributed by atoms with Crippen molar-refractivity contribution < 1.29 is 9.59 Å². The van der Waals surface area contributed by atoms with Crippen LogP contribution in [0.2, 0.25) is 0 Å². The highest BCUT2D eigenvalue weighted by Crippen LogP contribution is 2.26. The summed E-state index contributed by atoms with van der Waals surface area (Å²) < 4.78 is 2.05. The fraction of sp³-hybridized carbons (Fsp3) is 0.444. The molecule has 1 aromatic heterocycles. The zero-order valence-corrected chi connectivity index (χ0v) is 14.0. The zero-order valence-electron chi connectivity index (χ0n) is 14.0. The molecule has 4 heteroatoms. The van der Waals surface area contributed by atoms with E-state index in [0.717, 1.165) is 23.1 Å². The standard InChI is InChI=1S/C18H24N2O2/c1-6-20-11-15(12(2)21)14-9-13(7-8-16(14)20)19-17(22)10-18(3,4)5/h7-9,11H,6,10H2,1-5H3,(H,19,22). The fourth-order valence-electron chi connectivity index (χ4n) is 2.60. The van der Waals surface area contributed by atoms with Crippen LogP contribution in [0.5, 0.6) is 0 Å². The topological polar surface area (TPSA) is 51.1 Å². The highest BCUT2D eigenvalue weighted by molar-refractivity contribution is 6.08. The number of nitrogens with one attached hydrogen (secondary N) is 1. The molecule has 0 fully saturated rings. The Morgan fingerprint density at radius 2 is 1.91 bits per heavy atom. The van der Waals surface area contributed by atoms with E-state index in [-0.39, 0.29) is 17.1 Å². The average molecular weight is 300 g/mol. The Balaban J connectivity index is 2.35. The molecule has 0 radical (unpaired) electrons. The first-order chi connectivity index (χ1) is 10.2. The normalized spacial score (nSPS) is 11.7. The van der Waals surface area contributed by atoms with Crippen molar-refractivity contribution in [2.75, 3.05) is 5.32 Å². The molecule has 2 rings (SSSR count). The molecular weight excluding hydrogens is 276 g/mol. The molecule has 0 saturated carbocycles. The van der Waals surface area contributed by atoms with Gasteiger partial charge in [-0.15, -0.1) is 0 Å². The lowest BCUT2D eigenvalue weighted by molar-refractivity contribution is -0.117. The summed E-state index contributed by atoms with van der Waals surface area (Å²) in [5.74, 6) is 0.0292. The number of fused-ring (bicyclic) bond motifs is 1. The van der Waals surface area contributed by atoms with Gasteiger partial charge in [-0.05, 0) is 37.5 Å². The monoisotopic (exact) mass is 300 g/mol. The Hall–Kier alpha value is -2.10. The van der Waals surface area contributed by atoms with Crippen molar-refractivity contribution in [1.29, 1.82) is 0 Å². The molecule has 1 heterocycles. The van der Waals surface area contributed by atoms with E-state index in [2.05, 4.69) is 5.32 Å². The Kier molecular flexibility index (Phi) is 4.40. The van der Waals surface area contributed by atoms with E-state index in [9.17, 15) is 9.59 Å². The Morgan fingerprint density at radius 3 is 2.45 bits per heavy atom. The Morgan fingerprint density at radius 1 is 1.23 bits per heavy atom. The highest BCUT2D eigenvalue weighted by atomic mass is 16.1. The summed E-state index contributed by atoms with van der Waals surface area (Å²) in [5.41, 5.74) is 2.40. The minimum absolute atomic E-state index is 0.00820. The molecule has 1 aromatic carbocycles. The van der Waals surface area contributed by atoms with Gasteiger partial charge in [0, 0.05) is 41.3 Å². The van der Waals surface area contributed by atoms with Crippen molar-refractivity contribution in [3.63, 3.8) is 0 Å². The van der Waals surface area contributed by atoms with Crippen molar-refractivity contribution in [2.24, 2.45) is 5.41 Å². The number of anilines is 1. The van der Waals surface area contributed by atoms with Crippen molar-refractivity contribution in [1.82, 2.24) is 4.57 Å². The largest absolute Gasteiger partial charge is 0.347 e. The lowest BCUT2D eigenvalue weighted by Gasteiger charge is -2.17. The molecule has 0 aliphatic rings. The van der Waals surface area contributed by atoms with Gasteiger partial charge in [0.1, 0.15) is 0 Å². The van der Waals surface area contributed by atoms with Crippen LogP contribution in [-0.2, 0) is 11.3 Å². The lowest BCUT2D eigenvalue weighted by atomic mass is 9.92. The first-order valence-electron chi connectivity index (χ1n) is 7.65. The minimum Gasteiger partial charge on any atom is -0.347 e. The number of Topliss-reactive ketones (excluding diaryl/α,β-unsaturated/α-hetero) is 1. The predicted molar refractivity (Wildman–Crippen MR) is 90.3 cm³/mol. The zero-order chi connectivity index (χ0) is 16.5. The van der Waals surface area contributed by atoms with Gasteiger partial charge < -0.3 is 9.88 Å². The maximum absolute atomic E-state index is 12.1. The number of ketones is 1. The van der Waals surface area contributed by atoms with Gasteiger partial charge in [0.25, 0.3) is 0 Å². The van der Waals surface area contributed by atoms with E-state index in [0.29, 0.717) is 12.0 Å². The van der Waals surface area contributed by atoms with Crippen LogP contribution in [0, 0.1) is 5.41 Å². The van der Waals surface area contributed by atoms with Gasteiger partial charge in [-0.25, -0.2) is 0 Å². The summed E-state index contributed by atoms with van der Waals surface area (Å²) in [6, 6.07) is 5.73. The van der Waals surface area contributed by atoms with Crippen molar-refractivity contribution in [3.8, 4) is 0 Å². The van der Waals surface area contributed by atoms with E-state index in [1.165, 1.54) is 0 Å². The summed E-state index contributed by atoms with van der Waals surface area (Å²) in [5, 5.41) is 3.82. The fourth-order valence-corrected chi connectivity index (χ4v) is 2.60. The summed E-state index contributed by atoms with van der Waals surface area (Å²) in [6.45, 7) is 10.5. The number of hydrogen-bond donors (Lipinski definition) is 1. The molecule has 0 saturated heterocycles. The van der Waals surface area contributed by atoms with Gasteiger partial charge >= 0.3 is 0 Å². The predicted octanol–water partition coefficient (Wildman–Crippen LogP) is 4.24. The second kappa shape index (κ2) is 5.95. The van der Waals surface area contributed by atoms with E-state index in [1.807, 2.05) is 56.7 Å². The molecule has 1 N–H and O–H groups in total. The molecule has 118 valence electrons. The van der Waals surface area contributed by atoms with Gasteiger partial charge in [-0.2, -0.15) is 0 Å². The molecule has 22 heavy (non-hydrogen) atoms. The number of amides is 1. The van der Waals surface area contributed by atoms with Gasteiger partial charge in [-0.3, -0.25) is 9.59 Å². The summed E-state index contributed by atoms with van der Waals surface area (Å²) in [4.78, 5) is 23.9. The molecule has 4 nitrogen and oxygen atoms in total. The summed E-state index contributed by atoms with van der Waals surface area (Å²) >= 11 is 0. The van der Waals surface area contributed by atoms with Gasteiger partial charge in [-0.1, -0.05) is 20.8 Å². The van der Waals surface area contributed by atoms with E-state index >= 15 is 0 Å². The lowest BCUT2D eigenvalue weighted by Crippen LogP contribution is -2.19. The van der Waals surface area contributed by atoms with E-state index < -0.39 is 0 Å². The van der Waals surface area contributed by atoms with Crippen LogP contribution in [0.1, 0.15) is 51.4 Å². The number of nitrogens with zero attached hydrogens (tertiary/aromatic N) is 1. The molecule has 1 amide bonds. The second-order valence-electron chi connectivity index (χ2n) is 6.90. The number of aromatic nitrogens is 1. The molecular formula is C18H24N2O2. The molecule has 0 aliphatic carbocycles. The molecule has 0 bridgehead atoms. The molecule has 0 spiro atoms. The first kappa shape index (κ1) is 16.3. The third kappa shape index (κ3) is 3.56. The Labute approximate surface area is 131 Å². The van der Waals surface area contributed by atoms with Gasteiger partial charge in [0.05, 0.1) is 0 Å². The minimum atomic E-state index is -0.0513. The highest BCUT2D eigenvalue weighted by Gasteiger charge is 2.17. The van der Waals surface area contributed by atoms with E-state index in [4.69, 9.17) is 0 Å². The quantitative estimate of drug-likeness (QED) is 0.859. The average Bonchev–Trinajstić information content (AvgIpc) is 2.74. The molecule has 0 atom stereocenters. The maximum Gasteiger partial charge on any atom is 0.224 e. The summed E-state index contributed by atoms with van der Waals surface area (Å²) in [7, 11) is 0. The number of rotatable bonds is 4. The first-order valence-corrected chi connectivity index (χ1v) is 7.65. The maximum atomic E-state index is 12.1. The van der Waals surface area contributed by atoms with Crippen molar-refractivity contribution >= 4 is 28.3 Å². The number of carbonyl (C=O) groups excluding carboxylic acids is 2. The number of carbonyl (C=O) groups is 2. The molecule has 2 aromatic rings. The van der Waals surface area contributed by atoms with Gasteiger partial charge in [0.15, 0.2) is 5.78 Å².